The van der Waals surface area contributed by atoms with E-state index in [9.17, 15) is 4.79 Å². The topological polar surface area (TPSA) is 40.5 Å². The zero-order chi connectivity index (χ0) is 15.4. The van der Waals surface area contributed by atoms with Crippen molar-refractivity contribution in [2.45, 2.75) is 78.2 Å². The highest BCUT2D eigenvalue weighted by Gasteiger charge is 2.20. The van der Waals surface area contributed by atoms with Gasteiger partial charge in [-0.05, 0) is 32.9 Å². The fraction of sp³-hybridized carbons (Fsp3) is 0.824. The highest BCUT2D eigenvalue weighted by molar-refractivity contribution is 5.87. The number of unbranched alkanes of at least 4 members (excludes halogenated alkanes) is 6. The minimum atomic E-state index is -0.871. The first kappa shape index (κ1) is 19.2. The summed E-state index contributed by atoms with van der Waals surface area (Å²) in [4.78, 5) is 13.4. The Morgan fingerprint density at radius 1 is 1.00 bits per heavy atom. The zero-order valence-corrected chi connectivity index (χ0v) is 13.7. The lowest BCUT2D eigenvalue weighted by Crippen LogP contribution is -2.37. The van der Waals surface area contributed by atoms with Gasteiger partial charge in [0.05, 0.1) is 0 Å². The predicted octanol–water partition coefficient (Wildman–Crippen LogP) is 4.48. The smallest absolute Gasteiger partial charge is 0.332 e. The molecule has 0 aromatic heterocycles. The second-order valence-electron chi connectivity index (χ2n) is 5.66. The van der Waals surface area contributed by atoms with Crippen LogP contribution in [0, 0.1) is 0 Å². The maximum Gasteiger partial charge on any atom is 0.332 e. The number of carboxylic acid groups (broad SMARTS) is 1. The first-order valence-corrected chi connectivity index (χ1v) is 8.20. The standard InChI is InChI=1S/C17H33NO2/c1-5-7-9-11-13-18(14-12-10-8-6-2)16(4)15(3)17(19)20/h16H,3,5-14H2,1-2,4H3,(H,19,20). The van der Waals surface area contributed by atoms with Gasteiger partial charge in [-0.15, -0.1) is 0 Å². The van der Waals surface area contributed by atoms with Crippen LogP contribution in [-0.2, 0) is 4.79 Å². The number of hydrogen-bond acceptors (Lipinski definition) is 2. The van der Waals surface area contributed by atoms with Gasteiger partial charge in [0.15, 0.2) is 0 Å². The molecule has 0 heterocycles. The van der Waals surface area contributed by atoms with Crippen LogP contribution in [0.25, 0.3) is 0 Å². The van der Waals surface area contributed by atoms with Gasteiger partial charge in [0.2, 0.25) is 0 Å². The second kappa shape index (κ2) is 12.0. The van der Waals surface area contributed by atoms with Crippen molar-refractivity contribution in [1.29, 1.82) is 0 Å². The maximum atomic E-state index is 11.1. The van der Waals surface area contributed by atoms with Gasteiger partial charge in [-0.25, -0.2) is 4.79 Å². The van der Waals surface area contributed by atoms with Gasteiger partial charge < -0.3 is 5.11 Å². The Morgan fingerprint density at radius 3 is 1.80 bits per heavy atom. The lowest BCUT2D eigenvalue weighted by Gasteiger charge is -2.29. The summed E-state index contributed by atoms with van der Waals surface area (Å²) in [6, 6.07) is -0.0595. The summed E-state index contributed by atoms with van der Waals surface area (Å²) in [5.74, 6) is -0.871. The molecule has 0 saturated carbocycles. The summed E-state index contributed by atoms with van der Waals surface area (Å²) < 4.78 is 0. The Kier molecular flexibility index (Phi) is 11.5. The van der Waals surface area contributed by atoms with Crippen LogP contribution in [0.15, 0.2) is 12.2 Å². The van der Waals surface area contributed by atoms with Crippen molar-refractivity contribution in [2.24, 2.45) is 0 Å². The molecule has 1 atom stereocenters. The molecule has 0 rings (SSSR count). The lowest BCUT2D eigenvalue weighted by molar-refractivity contribution is -0.133. The second-order valence-corrected chi connectivity index (χ2v) is 5.66. The van der Waals surface area contributed by atoms with Gasteiger partial charge in [-0.2, -0.15) is 0 Å². The van der Waals surface area contributed by atoms with Gasteiger partial charge in [-0.1, -0.05) is 59.0 Å². The van der Waals surface area contributed by atoms with Crippen LogP contribution in [0.5, 0.6) is 0 Å². The quantitative estimate of drug-likeness (QED) is 0.400. The fourth-order valence-electron chi connectivity index (χ4n) is 2.38. The van der Waals surface area contributed by atoms with Crippen LogP contribution >= 0.6 is 0 Å². The van der Waals surface area contributed by atoms with E-state index in [4.69, 9.17) is 5.11 Å². The molecule has 118 valence electrons. The molecule has 1 unspecified atom stereocenters. The fourth-order valence-corrected chi connectivity index (χ4v) is 2.38. The number of aliphatic carboxylic acids is 1. The molecule has 0 radical (unpaired) electrons. The monoisotopic (exact) mass is 283 g/mol. The summed E-state index contributed by atoms with van der Waals surface area (Å²) in [5.41, 5.74) is 0.316. The van der Waals surface area contributed by atoms with E-state index < -0.39 is 5.97 Å². The van der Waals surface area contributed by atoms with E-state index in [0.29, 0.717) is 5.57 Å². The molecular weight excluding hydrogens is 250 g/mol. The van der Waals surface area contributed by atoms with E-state index >= 15 is 0 Å². The largest absolute Gasteiger partial charge is 0.478 e. The predicted molar refractivity (Wildman–Crippen MR) is 86.1 cm³/mol. The van der Waals surface area contributed by atoms with Crippen molar-refractivity contribution < 1.29 is 9.90 Å². The first-order valence-electron chi connectivity index (χ1n) is 8.20. The molecule has 0 fully saturated rings. The first-order chi connectivity index (χ1) is 9.54. The number of hydrogen-bond donors (Lipinski definition) is 1. The van der Waals surface area contributed by atoms with Crippen LogP contribution in [0.3, 0.4) is 0 Å². The van der Waals surface area contributed by atoms with Gasteiger partial charge >= 0.3 is 5.97 Å². The van der Waals surface area contributed by atoms with Crippen molar-refractivity contribution in [1.82, 2.24) is 4.90 Å². The molecule has 0 aromatic carbocycles. The Labute approximate surface area is 125 Å². The minimum absolute atomic E-state index is 0.0595. The van der Waals surface area contributed by atoms with Gasteiger partial charge in [0.1, 0.15) is 0 Å². The highest BCUT2D eigenvalue weighted by atomic mass is 16.4. The average Bonchev–Trinajstić information content (AvgIpc) is 2.44. The van der Waals surface area contributed by atoms with Crippen molar-refractivity contribution in [3.05, 3.63) is 12.2 Å². The number of carboxylic acids is 1. The number of nitrogens with zero attached hydrogens (tertiary/aromatic N) is 1. The van der Waals surface area contributed by atoms with Gasteiger partial charge in [-0.3, -0.25) is 4.90 Å². The lowest BCUT2D eigenvalue weighted by atomic mass is 10.1. The molecule has 3 nitrogen and oxygen atoms in total. The molecular formula is C17H33NO2. The number of rotatable bonds is 13. The molecule has 0 spiro atoms. The van der Waals surface area contributed by atoms with E-state index in [1.807, 2.05) is 6.92 Å². The number of carbonyl (C=O) groups is 1. The third-order valence-corrected chi connectivity index (χ3v) is 3.92. The Morgan fingerprint density at radius 2 is 1.45 bits per heavy atom. The van der Waals surface area contributed by atoms with Crippen molar-refractivity contribution >= 4 is 5.97 Å². The molecule has 20 heavy (non-hydrogen) atoms. The minimum Gasteiger partial charge on any atom is -0.478 e. The van der Waals surface area contributed by atoms with Crippen LogP contribution < -0.4 is 0 Å². The van der Waals surface area contributed by atoms with Crippen LogP contribution in [0.4, 0.5) is 0 Å². The normalized spacial score (nSPS) is 12.6. The highest BCUT2D eigenvalue weighted by Crippen LogP contribution is 2.13. The molecule has 0 aromatic rings. The van der Waals surface area contributed by atoms with E-state index in [1.54, 1.807) is 0 Å². The third kappa shape index (κ3) is 8.36. The van der Waals surface area contributed by atoms with E-state index in [1.165, 1.54) is 38.5 Å². The molecule has 0 aliphatic heterocycles. The zero-order valence-electron chi connectivity index (χ0n) is 13.7. The SMILES string of the molecule is C=C(C(=O)O)C(C)N(CCCCCC)CCCCCC. The molecule has 0 saturated heterocycles. The Balaban J connectivity index is 4.28. The molecule has 1 N–H and O–H groups in total. The maximum absolute atomic E-state index is 11.1. The Bertz CT molecular complexity index is 264. The van der Waals surface area contributed by atoms with Crippen molar-refractivity contribution in [3.8, 4) is 0 Å². The van der Waals surface area contributed by atoms with Gasteiger partial charge in [0.25, 0.3) is 0 Å². The van der Waals surface area contributed by atoms with E-state index in [2.05, 4.69) is 25.3 Å². The molecule has 0 amide bonds. The summed E-state index contributed by atoms with van der Waals surface area (Å²) in [7, 11) is 0. The third-order valence-electron chi connectivity index (χ3n) is 3.92. The van der Waals surface area contributed by atoms with Crippen molar-refractivity contribution in [3.63, 3.8) is 0 Å². The summed E-state index contributed by atoms with van der Waals surface area (Å²) in [6.07, 6.45) is 9.75. The van der Waals surface area contributed by atoms with E-state index in [-0.39, 0.29) is 6.04 Å². The summed E-state index contributed by atoms with van der Waals surface area (Å²) in [6.45, 7) is 12.1. The van der Waals surface area contributed by atoms with Crippen molar-refractivity contribution in [2.75, 3.05) is 13.1 Å². The molecule has 3 heteroatoms. The molecule has 0 bridgehead atoms. The molecule has 0 aliphatic carbocycles. The molecule has 0 aliphatic rings. The van der Waals surface area contributed by atoms with Gasteiger partial charge in [0, 0.05) is 11.6 Å². The summed E-state index contributed by atoms with van der Waals surface area (Å²) in [5, 5.41) is 9.09. The average molecular weight is 283 g/mol. The van der Waals surface area contributed by atoms with Crippen LogP contribution in [0.1, 0.15) is 72.1 Å². The van der Waals surface area contributed by atoms with Crippen LogP contribution in [-0.4, -0.2) is 35.1 Å². The van der Waals surface area contributed by atoms with Crippen LogP contribution in [0.2, 0.25) is 0 Å². The summed E-state index contributed by atoms with van der Waals surface area (Å²) >= 11 is 0. The Hall–Kier alpha value is -0.830. The van der Waals surface area contributed by atoms with E-state index in [0.717, 1.165) is 25.9 Å².